The highest BCUT2D eigenvalue weighted by atomic mass is 31.1. The second kappa shape index (κ2) is 12.1. The third kappa shape index (κ3) is 5.90. The minimum absolute atomic E-state index is 0.109. The van der Waals surface area contributed by atoms with Crippen LogP contribution >= 0.6 is 16.2 Å². The van der Waals surface area contributed by atoms with Gasteiger partial charge in [-0.2, -0.15) is 0 Å². The summed E-state index contributed by atoms with van der Waals surface area (Å²) in [5.41, 5.74) is 6.03. The highest BCUT2D eigenvalue weighted by Gasteiger charge is 2.38. The SMILES string of the molecule is C=C1CC(P(C2CCCCC2)C2CCCCC2)CCC1COp1oc2ccccc2c2ccccc2o1. The lowest BCUT2D eigenvalue weighted by molar-refractivity contribution is 0.290. The number of rotatable bonds is 6. The van der Waals surface area contributed by atoms with Gasteiger partial charge in [0.05, 0.1) is 6.61 Å². The smallest absolute Gasteiger partial charge is 0.387 e. The molecule has 3 saturated carbocycles. The normalized spacial score (nSPS) is 24.2. The molecular weight excluding hydrogens is 494 g/mol. The Morgan fingerprint density at radius 1 is 0.703 bits per heavy atom. The maximum absolute atomic E-state index is 6.38. The van der Waals surface area contributed by atoms with Gasteiger partial charge in [-0.25, -0.2) is 0 Å². The minimum atomic E-state index is -1.50. The highest BCUT2D eigenvalue weighted by molar-refractivity contribution is 7.60. The van der Waals surface area contributed by atoms with E-state index in [1.165, 1.54) is 89.0 Å². The van der Waals surface area contributed by atoms with Gasteiger partial charge in [0.2, 0.25) is 0 Å². The summed E-state index contributed by atoms with van der Waals surface area (Å²) >= 11 is 0. The fourth-order valence-corrected chi connectivity index (χ4v) is 12.9. The van der Waals surface area contributed by atoms with Gasteiger partial charge in [-0.3, -0.25) is 4.52 Å². The van der Waals surface area contributed by atoms with Crippen LogP contribution in [0.1, 0.15) is 83.5 Å². The van der Waals surface area contributed by atoms with Crippen molar-refractivity contribution in [2.45, 2.75) is 100 Å². The molecule has 0 N–H and O–H groups in total. The lowest BCUT2D eigenvalue weighted by Crippen LogP contribution is -2.31. The molecule has 1 aromatic heterocycles. The van der Waals surface area contributed by atoms with E-state index in [2.05, 4.69) is 18.7 Å². The maximum atomic E-state index is 6.38. The first-order chi connectivity index (χ1) is 18.3. The van der Waals surface area contributed by atoms with Crippen molar-refractivity contribution in [2.75, 3.05) is 6.61 Å². The van der Waals surface area contributed by atoms with Gasteiger partial charge in [-0.1, -0.05) is 95.0 Å². The summed E-state index contributed by atoms with van der Waals surface area (Å²) in [5, 5.41) is 2.13. The first kappa shape index (κ1) is 25.7. The first-order valence-electron chi connectivity index (χ1n) is 14.7. The molecule has 5 heteroatoms. The Morgan fingerprint density at radius 3 is 1.78 bits per heavy atom. The molecule has 3 fully saturated rings. The second-order valence-electron chi connectivity index (χ2n) is 11.5. The van der Waals surface area contributed by atoms with Crippen molar-refractivity contribution in [2.24, 2.45) is 5.92 Å². The molecular formula is C32H42O3P2. The van der Waals surface area contributed by atoms with E-state index in [4.69, 9.17) is 12.9 Å². The van der Waals surface area contributed by atoms with Crippen LogP contribution in [0, 0.1) is 5.92 Å². The van der Waals surface area contributed by atoms with E-state index in [1.54, 1.807) is 0 Å². The summed E-state index contributed by atoms with van der Waals surface area (Å²) in [4.78, 5) is 0. The zero-order chi connectivity index (χ0) is 25.0. The molecule has 2 atom stereocenters. The third-order valence-electron chi connectivity index (χ3n) is 9.13. The monoisotopic (exact) mass is 536 g/mol. The van der Waals surface area contributed by atoms with Crippen LogP contribution in [-0.4, -0.2) is 23.6 Å². The van der Waals surface area contributed by atoms with Gasteiger partial charge < -0.3 is 8.39 Å². The van der Waals surface area contributed by atoms with E-state index >= 15 is 0 Å². The summed E-state index contributed by atoms with van der Waals surface area (Å²) in [6.45, 7) is 5.27. The summed E-state index contributed by atoms with van der Waals surface area (Å²) in [5.74, 6) is 0.411. The van der Waals surface area contributed by atoms with Gasteiger partial charge in [0.15, 0.2) is 0 Å². The second-order valence-corrected chi connectivity index (χ2v) is 15.7. The van der Waals surface area contributed by atoms with Crippen molar-refractivity contribution in [3.8, 4) is 0 Å². The molecule has 0 bridgehead atoms. The van der Waals surface area contributed by atoms with Crippen LogP contribution in [0.2, 0.25) is 0 Å². The Labute approximate surface area is 224 Å². The van der Waals surface area contributed by atoms with Crippen molar-refractivity contribution >= 4 is 38.1 Å². The number of benzene rings is 2. The van der Waals surface area contributed by atoms with E-state index in [-0.39, 0.29) is 7.92 Å². The summed E-state index contributed by atoms with van der Waals surface area (Å²) in [6, 6.07) is 16.3. The van der Waals surface area contributed by atoms with Crippen molar-refractivity contribution in [3.63, 3.8) is 0 Å². The molecule has 198 valence electrons. The molecule has 0 spiro atoms. The molecule has 2 aromatic carbocycles. The van der Waals surface area contributed by atoms with Gasteiger partial charge in [-0.05, 0) is 74.1 Å². The molecule has 3 aliphatic rings. The molecule has 0 aliphatic heterocycles. The third-order valence-corrected chi connectivity index (χ3v) is 14.2. The van der Waals surface area contributed by atoms with Gasteiger partial charge in [0.25, 0.3) is 0 Å². The van der Waals surface area contributed by atoms with Crippen molar-refractivity contribution in [1.82, 2.24) is 0 Å². The van der Waals surface area contributed by atoms with Crippen LogP contribution in [-0.2, 0) is 0 Å². The molecule has 1 heterocycles. The molecule has 3 nitrogen and oxygen atoms in total. The Morgan fingerprint density at radius 2 is 1.24 bits per heavy atom. The van der Waals surface area contributed by atoms with Crippen molar-refractivity contribution in [1.29, 1.82) is 0 Å². The largest absolute Gasteiger partial charge is 0.399 e. The molecule has 2 unspecified atom stereocenters. The topological polar surface area (TPSA) is 35.5 Å². The van der Waals surface area contributed by atoms with Gasteiger partial charge in [-0.15, -0.1) is 0 Å². The van der Waals surface area contributed by atoms with E-state index in [0.29, 0.717) is 12.5 Å². The highest BCUT2D eigenvalue weighted by Crippen LogP contribution is 2.62. The quantitative estimate of drug-likeness (QED) is 0.232. The first-order valence-corrected chi connectivity index (χ1v) is 17.3. The zero-order valence-electron chi connectivity index (χ0n) is 22.2. The fraction of sp³-hybridized carbons (Fsp3) is 0.562. The van der Waals surface area contributed by atoms with E-state index < -0.39 is 8.24 Å². The average molecular weight is 537 g/mol. The van der Waals surface area contributed by atoms with Crippen LogP contribution in [0.25, 0.3) is 21.9 Å². The van der Waals surface area contributed by atoms with E-state index in [0.717, 1.165) is 38.9 Å². The minimum Gasteiger partial charge on any atom is -0.399 e. The molecule has 0 radical (unpaired) electrons. The number of hydrogen-bond donors (Lipinski definition) is 0. The number of para-hydroxylation sites is 2. The van der Waals surface area contributed by atoms with Gasteiger partial charge in [0.1, 0.15) is 11.2 Å². The van der Waals surface area contributed by atoms with E-state index in [1.807, 2.05) is 36.4 Å². The van der Waals surface area contributed by atoms with Crippen LogP contribution in [0.4, 0.5) is 0 Å². The summed E-state index contributed by atoms with van der Waals surface area (Å²) in [6.07, 6.45) is 18.6. The van der Waals surface area contributed by atoms with Crippen LogP contribution in [0.15, 0.2) is 69.1 Å². The molecule has 3 aliphatic carbocycles. The Bertz CT molecular complexity index is 1160. The van der Waals surface area contributed by atoms with E-state index in [9.17, 15) is 0 Å². The standard InChI is InChI=1S/C32H42O3P2/c1-24-22-28(36(26-12-4-2-5-13-26)27-14-6-3-7-15-27)21-20-25(24)23-33-37-34-31-18-10-8-16-29(31)30-17-9-11-19-32(30)35-37/h8-11,16-19,25-28H,1-7,12-15,20-23H2. The lowest BCUT2D eigenvalue weighted by atomic mass is 9.85. The maximum Gasteiger partial charge on any atom is 0.387 e. The molecule has 37 heavy (non-hydrogen) atoms. The van der Waals surface area contributed by atoms with Crippen LogP contribution in [0.3, 0.4) is 0 Å². The number of hydrogen-bond acceptors (Lipinski definition) is 3. The van der Waals surface area contributed by atoms with Gasteiger partial charge in [0, 0.05) is 16.7 Å². The lowest BCUT2D eigenvalue weighted by Gasteiger charge is -2.45. The molecule has 0 amide bonds. The number of fused-ring (bicyclic) bond motifs is 3. The summed E-state index contributed by atoms with van der Waals surface area (Å²) in [7, 11) is -1.39. The van der Waals surface area contributed by atoms with Gasteiger partial charge >= 0.3 is 8.24 Å². The Hall–Kier alpha value is -1.53. The van der Waals surface area contributed by atoms with Crippen LogP contribution in [0.5, 0.6) is 0 Å². The molecule has 3 aromatic rings. The predicted molar refractivity (Wildman–Crippen MR) is 159 cm³/mol. The predicted octanol–water partition coefficient (Wildman–Crippen LogP) is 10.6. The van der Waals surface area contributed by atoms with Crippen molar-refractivity contribution < 1.29 is 12.9 Å². The van der Waals surface area contributed by atoms with Crippen LogP contribution < -0.4 is 4.52 Å². The summed E-state index contributed by atoms with van der Waals surface area (Å²) < 4.78 is 18.9. The zero-order valence-corrected chi connectivity index (χ0v) is 23.9. The average Bonchev–Trinajstić information content (AvgIpc) is 3.10. The fourth-order valence-electron chi connectivity index (χ4n) is 7.20. The Kier molecular flexibility index (Phi) is 8.42. The Balaban J connectivity index is 1.16. The molecule has 0 saturated heterocycles. The van der Waals surface area contributed by atoms with Crippen molar-refractivity contribution in [3.05, 3.63) is 60.7 Å². The molecule has 6 rings (SSSR count).